The molecule has 0 saturated carbocycles. The molecule has 0 aliphatic carbocycles. The summed E-state index contributed by atoms with van der Waals surface area (Å²) >= 11 is 0. The Labute approximate surface area is 185 Å². The first kappa shape index (κ1) is 22.7. The second-order valence-electron chi connectivity index (χ2n) is 6.66. The Balaban J connectivity index is 1.87. The van der Waals surface area contributed by atoms with Crippen LogP contribution in [0.3, 0.4) is 0 Å². The highest BCUT2D eigenvalue weighted by molar-refractivity contribution is 5.94. The van der Waals surface area contributed by atoms with Gasteiger partial charge in [-0.3, -0.25) is 40.1 Å². The van der Waals surface area contributed by atoms with E-state index in [1.54, 1.807) is 0 Å². The van der Waals surface area contributed by atoms with Crippen LogP contribution < -0.4 is 5.32 Å². The number of nitro groups is 3. The molecular formula is C21H15N5O7. The highest BCUT2D eigenvalue weighted by Gasteiger charge is 2.17. The third-order valence-corrected chi connectivity index (χ3v) is 4.50. The summed E-state index contributed by atoms with van der Waals surface area (Å²) < 4.78 is 0. The van der Waals surface area contributed by atoms with E-state index in [0.29, 0.717) is 11.1 Å². The third kappa shape index (κ3) is 5.79. The lowest BCUT2D eigenvalue weighted by Gasteiger charge is -2.15. The molecule has 0 spiro atoms. The fraction of sp³-hybridized carbons (Fsp3) is 0.0476. The molecule has 1 amide bonds. The number of hydrogen-bond acceptors (Lipinski definition) is 8. The van der Waals surface area contributed by atoms with Crippen LogP contribution in [-0.4, -0.2) is 26.9 Å². The van der Waals surface area contributed by atoms with Crippen LogP contribution in [0, 0.1) is 30.3 Å². The Hall–Kier alpha value is -5.00. The van der Waals surface area contributed by atoms with E-state index < -0.39 is 26.8 Å². The molecule has 0 fully saturated rings. The monoisotopic (exact) mass is 449 g/mol. The molecule has 0 saturated heterocycles. The fourth-order valence-corrected chi connectivity index (χ4v) is 2.77. The zero-order valence-electron chi connectivity index (χ0n) is 16.7. The lowest BCUT2D eigenvalue weighted by Crippen LogP contribution is -2.27. The molecule has 3 aromatic carbocycles. The Kier molecular flexibility index (Phi) is 6.78. The first-order chi connectivity index (χ1) is 15.7. The molecule has 3 rings (SSSR count). The molecule has 0 radical (unpaired) electrons. The van der Waals surface area contributed by atoms with E-state index in [-0.39, 0.29) is 22.6 Å². The summed E-state index contributed by atoms with van der Waals surface area (Å²) in [6.07, 6.45) is 0.440. The van der Waals surface area contributed by atoms with E-state index in [1.165, 1.54) is 79.0 Å². The average Bonchev–Trinajstić information content (AvgIpc) is 2.82. The molecule has 0 aliphatic rings. The van der Waals surface area contributed by atoms with Gasteiger partial charge in [0.15, 0.2) is 0 Å². The number of aliphatic imine (C=N–C) groups is 1. The fourth-order valence-electron chi connectivity index (χ4n) is 2.77. The molecule has 12 heteroatoms. The highest BCUT2D eigenvalue weighted by Crippen LogP contribution is 2.21. The molecule has 166 valence electrons. The minimum Gasteiger partial charge on any atom is -0.326 e. The van der Waals surface area contributed by atoms with E-state index in [1.807, 2.05) is 0 Å². The van der Waals surface area contributed by atoms with Gasteiger partial charge in [-0.2, -0.15) is 0 Å². The maximum absolute atomic E-state index is 12.7. The summed E-state index contributed by atoms with van der Waals surface area (Å²) in [5.74, 6) is -0.575. The molecule has 1 unspecified atom stereocenters. The van der Waals surface area contributed by atoms with Gasteiger partial charge in [0.2, 0.25) is 0 Å². The number of nitrogens with zero attached hydrogens (tertiary/aromatic N) is 4. The molecule has 1 N–H and O–H groups in total. The Morgan fingerprint density at radius 2 is 1.15 bits per heavy atom. The Morgan fingerprint density at radius 1 is 0.727 bits per heavy atom. The van der Waals surface area contributed by atoms with Crippen molar-refractivity contribution in [3.8, 4) is 0 Å². The van der Waals surface area contributed by atoms with Crippen molar-refractivity contribution in [2.24, 2.45) is 4.99 Å². The largest absolute Gasteiger partial charge is 0.326 e. The van der Waals surface area contributed by atoms with Crippen LogP contribution in [0.2, 0.25) is 0 Å². The minimum absolute atomic E-state index is 0.0921. The number of carbonyl (C=O) groups excluding carboxylic acids is 1. The van der Waals surface area contributed by atoms with Gasteiger partial charge < -0.3 is 5.32 Å². The summed E-state index contributed by atoms with van der Waals surface area (Å²) in [5, 5.41) is 35.2. The topological polar surface area (TPSA) is 171 Å². The Bertz CT molecular complexity index is 1220. The number of carbonyl (C=O) groups is 1. The molecule has 3 aromatic rings. The predicted molar refractivity (Wildman–Crippen MR) is 117 cm³/mol. The predicted octanol–water partition coefficient (Wildman–Crippen LogP) is 3.96. The molecule has 12 nitrogen and oxygen atoms in total. The highest BCUT2D eigenvalue weighted by atomic mass is 16.6. The average molecular weight is 449 g/mol. The van der Waals surface area contributed by atoms with E-state index >= 15 is 0 Å². The van der Waals surface area contributed by atoms with Crippen molar-refractivity contribution < 1.29 is 19.6 Å². The molecule has 1 atom stereocenters. The van der Waals surface area contributed by atoms with E-state index in [9.17, 15) is 35.1 Å². The van der Waals surface area contributed by atoms with Gasteiger partial charge in [0.1, 0.15) is 6.17 Å². The number of rotatable bonds is 8. The third-order valence-electron chi connectivity index (χ3n) is 4.50. The van der Waals surface area contributed by atoms with Crippen molar-refractivity contribution in [3.05, 3.63) is 120 Å². The summed E-state index contributed by atoms with van der Waals surface area (Å²) in [7, 11) is 0. The van der Waals surface area contributed by atoms with Gasteiger partial charge in [0.05, 0.1) is 14.8 Å². The Morgan fingerprint density at radius 3 is 1.61 bits per heavy atom. The lowest BCUT2D eigenvalue weighted by atomic mass is 10.1. The zero-order chi connectivity index (χ0) is 24.0. The number of amides is 1. The zero-order valence-corrected chi connectivity index (χ0v) is 16.7. The van der Waals surface area contributed by atoms with Gasteiger partial charge >= 0.3 is 0 Å². The molecule has 0 aliphatic heterocycles. The van der Waals surface area contributed by atoms with Crippen molar-refractivity contribution in [3.63, 3.8) is 0 Å². The van der Waals surface area contributed by atoms with Gasteiger partial charge in [-0.15, -0.1) is 0 Å². The van der Waals surface area contributed by atoms with Gasteiger partial charge in [-0.25, -0.2) is 0 Å². The molecule has 0 bridgehead atoms. The second kappa shape index (κ2) is 9.87. The summed E-state index contributed by atoms with van der Waals surface area (Å²) in [6.45, 7) is 0. The molecule has 33 heavy (non-hydrogen) atoms. The molecule has 0 heterocycles. The van der Waals surface area contributed by atoms with Crippen LogP contribution in [-0.2, 0) is 0 Å². The number of hydrogen-bond donors (Lipinski definition) is 1. The lowest BCUT2D eigenvalue weighted by molar-refractivity contribution is -0.385. The number of nitro benzene ring substituents is 3. The van der Waals surface area contributed by atoms with Crippen LogP contribution in [0.15, 0.2) is 77.8 Å². The number of benzene rings is 3. The maximum Gasteiger partial charge on any atom is 0.269 e. The SMILES string of the molecule is O=C(NC(N=Cc1ccc([N+](=O)[O-])cc1)c1ccc([N+](=O)[O-])cc1)c1ccc([N+](=O)[O-])cc1. The van der Waals surface area contributed by atoms with Crippen molar-refractivity contribution in [1.82, 2.24) is 5.32 Å². The van der Waals surface area contributed by atoms with Crippen LogP contribution >= 0.6 is 0 Å². The van der Waals surface area contributed by atoms with Crippen molar-refractivity contribution in [2.75, 3.05) is 0 Å². The standard InChI is InChI=1S/C21H15N5O7/c27-21(16-5-11-19(12-6-16)26(32)33)23-20(15-3-9-18(10-4-15)25(30)31)22-13-14-1-7-17(8-2-14)24(28)29/h1-13,20H,(H,23,27). The quantitative estimate of drug-likeness (QED) is 0.308. The van der Waals surface area contributed by atoms with Gasteiger partial charge in [0.25, 0.3) is 23.0 Å². The summed E-state index contributed by atoms with van der Waals surface area (Å²) in [6, 6.07) is 15.9. The van der Waals surface area contributed by atoms with Gasteiger partial charge in [0, 0.05) is 48.2 Å². The van der Waals surface area contributed by atoms with Gasteiger partial charge in [-0.05, 0) is 47.5 Å². The normalized spacial score (nSPS) is 11.6. The van der Waals surface area contributed by atoms with Crippen molar-refractivity contribution in [2.45, 2.75) is 6.17 Å². The summed E-state index contributed by atoms with van der Waals surface area (Å²) in [5.41, 5.74) is 0.711. The van der Waals surface area contributed by atoms with Crippen LogP contribution in [0.4, 0.5) is 17.1 Å². The molecule has 0 aromatic heterocycles. The van der Waals surface area contributed by atoms with E-state index in [4.69, 9.17) is 0 Å². The van der Waals surface area contributed by atoms with Crippen molar-refractivity contribution in [1.29, 1.82) is 0 Å². The first-order valence-corrected chi connectivity index (χ1v) is 9.32. The second-order valence-corrected chi connectivity index (χ2v) is 6.66. The van der Waals surface area contributed by atoms with Crippen LogP contribution in [0.1, 0.15) is 27.7 Å². The van der Waals surface area contributed by atoms with E-state index in [2.05, 4.69) is 10.3 Å². The van der Waals surface area contributed by atoms with E-state index in [0.717, 1.165) is 0 Å². The minimum atomic E-state index is -0.955. The molecular weight excluding hydrogens is 434 g/mol. The number of non-ortho nitro benzene ring substituents is 3. The smallest absolute Gasteiger partial charge is 0.269 e. The first-order valence-electron chi connectivity index (χ1n) is 9.32. The van der Waals surface area contributed by atoms with Gasteiger partial charge in [-0.1, -0.05) is 0 Å². The maximum atomic E-state index is 12.7. The van der Waals surface area contributed by atoms with Crippen LogP contribution in [0.5, 0.6) is 0 Å². The summed E-state index contributed by atoms with van der Waals surface area (Å²) in [4.78, 5) is 47.8. The number of nitrogens with one attached hydrogen (secondary N) is 1. The van der Waals surface area contributed by atoms with Crippen LogP contribution in [0.25, 0.3) is 0 Å². The van der Waals surface area contributed by atoms with Crippen molar-refractivity contribution >= 4 is 29.2 Å².